The van der Waals surface area contributed by atoms with Gasteiger partial charge < -0.3 is 9.47 Å². The molecule has 0 N–H and O–H groups in total. The van der Waals surface area contributed by atoms with Crippen LogP contribution in [0.3, 0.4) is 0 Å². The first-order valence-electron chi connectivity index (χ1n) is 6.18. The molecule has 0 saturated heterocycles. The zero-order valence-electron chi connectivity index (χ0n) is 10.8. The van der Waals surface area contributed by atoms with Crippen molar-refractivity contribution in [3.05, 3.63) is 54.4 Å². The Morgan fingerprint density at radius 2 is 1.94 bits per heavy atom. The van der Waals surface area contributed by atoms with Crippen LogP contribution in [0.15, 0.2) is 48.8 Å². The van der Waals surface area contributed by atoms with Crippen LogP contribution >= 0.6 is 0 Å². The lowest BCUT2D eigenvalue weighted by molar-refractivity contribution is -0.119. The number of nitrogens with zero attached hydrogens (tertiary/aromatic N) is 2. The molecule has 0 bridgehead atoms. The van der Waals surface area contributed by atoms with Crippen LogP contribution in [0.5, 0.6) is 0 Å². The van der Waals surface area contributed by atoms with Gasteiger partial charge in [0.2, 0.25) is 5.91 Å². The molecular weight excluding hydrogens is 224 g/mol. The molecule has 0 atom stereocenters. The minimum absolute atomic E-state index is 0.110. The van der Waals surface area contributed by atoms with Crippen molar-refractivity contribution in [1.29, 1.82) is 0 Å². The van der Waals surface area contributed by atoms with Gasteiger partial charge in [0.25, 0.3) is 0 Å². The Balaban J connectivity index is 2.15. The molecule has 3 heteroatoms. The van der Waals surface area contributed by atoms with Crippen LogP contribution in [-0.2, 0) is 11.3 Å². The van der Waals surface area contributed by atoms with Crippen LogP contribution in [0, 0.1) is 6.92 Å². The number of aromatic nitrogens is 1. The van der Waals surface area contributed by atoms with Crippen LogP contribution in [0.1, 0.15) is 12.5 Å². The lowest BCUT2D eigenvalue weighted by Gasteiger charge is -2.21. The smallest absolute Gasteiger partial charge is 0.246 e. The molecule has 1 amide bonds. The summed E-state index contributed by atoms with van der Waals surface area (Å²) in [6.45, 7) is 5.10. The monoisotopic (exact) mass is 242 g/mol. The molecule has 0 spiro atoms. The first kappa shape index (κ1) is 12.4. The Kier molecular flexibility index (Phi) is 3.82. The summed E-state index contributed by atoms with van der Waals surface area (Å²) in [5.41, 5.74) is 2.13. The first-order chi connectivity index (χ1) is 8.70. The van der Waals surface area contributed by atoms with Gasteiger partial charge in [-0.2, -0.15) is 0 Å². The van der Waals surface area contributed by atoms with E-state index < -0.39 is 0 Å². The molecule has 0 unspecified atom stereocenters. The lowest BCUT2D eigenvalue weighted by atomic mass is 10.2. The summed E-state index contributed by atoms with van der Waals surface area (Å²) < 4.78 is 1.89. The fourth-order valence-corrected chi connectivity index (χ4v) is 2.02. The second-order valence-electron chi connectivity index (χ2n) is 4.33. The van der Waals surface area contributed by atoms with Crippen molar-refractivity contribution < 1.29 is 4.79 Å². The number of amides is 1. The predicted octanol–water partition coefficient (Wildman–Crippen LogP) is 2.85. The van der Waals surface area contributed by atoms with Gasteiger partial charge in [0.1, 0.15) is 6.54 Å². The standard InChI is InChI=1S/C15H18N2O/c1-3-17(14-8-6-7-13(2)11-14)15(18)12-16-9-4-5-10-16/h4-11H,3,12H2,1-2H3. The Bertz CT molecular complexity index is 517. The summed E-state index contributed by atoms with van der Waals surface area (Å²) in [5.74, 6) is 0.110. The molecule has 2 aromatic rings. The van der Waals surface area contributed by atoms with Crippen LogP contribution in [0.4, 0.5) is 5.69 Å². The maximum Gasteiger partial charge on any atom is 0.246 e. The quantitative estimate of drug-likeness (QED) is 0.809. The number of rotatable bonds is 4. The van der Waals surface area contributed by atoms with Crippen molar-refractivity contribution in [3.8, 4) is 0 Å². The van der Waals surface area contributed by atoms with E-state index >= 15 is 0 Å². The SMILES string of the molecule is CCN(C(=O)Cn1cccc1)c1cccc(C)c1. The zero-order chi connectivity index (χ0) is 13.0. The highest BCUT2D eigenvalue weighted by Crippen LogP contribution is 2.16. The molecular formula is C15H18N2O. The minimum Gasteiger partial charge on any atom is -0.345 e. The number of carbonyl (C=O) groups excluding carboxylic acids is 1. The first-order valence-corrected chi connectivity index (χ1v) is 6.18. The van der Waals surface area contributed by atoms with E-state index in [0.29, 0.717) is 13.1 Å². The highest BCUT2D eigenvalue weighted by molar-refractivity contribution is 5.93. The lowest BCUT2D eigenvalue weighted by Crippen LogP contribution is -2.33. The largest absolute Gasteiger partial charge is 0.345 e. The topological polar surface area (TPSA) is 25.2 Å². The van der Waals surface area contributed by atoms with Crippen LogP contribution in [0.25, 0.3) is 0 Å². The van der Waals surface area contributed by atoms with E-state index in [-0.39, 0.29) is 5.91 Å². The molecule has 0 aliphatic carbocycles. The van der Waals surface area contributed by atoms with Crippen molar-refractivity contribution in [2.75, 3.05) is 11.4 Å². The highest BCUT2D eigenvalue weighted by atomic mass is 16.2. The van der Waals surface area contributed by atoms with Gasteiger partial charge in [-0.05, 0) is 43.7 Å². The van der Waals surface area contributed by atoms with Gasteiger partial charge in [-0.15, -0.1) is 0 Å². The Morgan fingerprint density at radius 1 is 1.22 bits per heavy atom. The normalized spacial score (nSPS) is 10.3. The summed E-state index contributed by atoms with van der Waals surface area (Å²) in [6.07, 6.45) is 3.81. The van der Waals surface area contributed by atoms with Crippen LogP contribution < -0.4 is 4.90 Å². The minimum atomic E-state index is 0.110. The fourth-order valence-electron chi connectivity index (χ4n) is 2.02. The molecule has 3 nitrogen and oxygen atoms in total. The zero-order valence-corrected chi connectivity index (χ0v) is 10.8. The van der Waals surface area contributed by atoms with Gasteiger partial charge in [-0.1, -0.05) is 12.1 Å². The van der Waals surface area contributed by atoms with Gasteiger partial charge >= 0.3 is 0 Å². The molecule has 94 valence electrons. The van der Waals surface area contributed by atoms with Crippen LogP contribution in [0.2, 0.25) is 0 Å². The third-order valence-electron chi connectivity index (χ3n) is 2.91. The molecule has 1 aromatic carbocycles. The number of anilines is 1. The van der Waals surface area contributed by atoms with E-state index in [2.05, 4.69) is 0 Å². The van der Waals surface area contributed by atoms with Gasteiger partial charge in [0, 0.05) is 24.6 Å². The van der Waals surface area contributed by atoms with Crippen molar-refractivity contribution in [1.82, 2.24) is 4.57 Å². The molecule has 0 aliphatic rings. The average Bonchev–Trinajstić information content (AvgIpc) is 2.83. The van der Waals surface area contributed by atoms with Gasteiger partial charge in [0.15, 0.2) is 0 Å². The summed E-state index contributed by atoms with van der Waals surface area (Å²) in [6, 6.07) is 11.9. The van der Waals surface area contributed by atoms with Crippen molar-refractivity contribution in [3.63, 3.8) is 0 Å². The van der Waals surface area contributed by atoms with Crippen molar-refractivity contribution >= 4 is 11.6 Å². The van der Waals surface area contributed by atoms with E-state index in [9.17, 15) is 4.79 Å². The Hall–Kier alpha value is -2.03. The number of hydrogen-bond donors (Lipinski definition) is 0. The fraction of sp³-hybridized carbons (Fsp3) is 0.267. The Morgan fingerprint density at radius 3 is 2.56 bits per heavy atom. The third-order valence-corrected chi connectivity index (χ3v) is 2.91. The third kappa shape index (κ3) is 2.80. The second-order valence-corrected chi connectivity index (χ2v) is 4.33. The highest BCUT2D eigenvalue weighted by Gasteiger charge is 2.13. The average molecular weight is 242 g/mol. The number of likely N-dealkylation sites (N-methyl/N-ethyl adjacent to an activating group) is 1. The molecule has 0 aliphatic heterocycles. The van der Waals surface area contributed by atoms with E-state index in [1.54, 1.807) is 0 Å². The maximum absolute atomic E-state index is 12.3. The van der Waals surface area contributed by atoms with Gasteiger partial charge in [0.05, 0.1) is 0 Å². The van der Waals surface area contributed by atoms with E-state index in [4.69, 9.17) is 0 Å². The number of benzene rings is 1. The molecule has 0 radical (unpaired) electrons. The molecule has 0 saturated carbocycles. The van der Waals surface area contributed by atoms with Crippen molar-refractivity contribution in [2.45, 2.75) is 20.4 Å². The van der Waals surface area contributed by atoms with E-state index in [0.717, 1.165) is 5.69 Å². The summed E-state index contributed by atoms with van der Waals surface area (Å²) in [7, 11) is 0. The number of hydrogen-bond acceptors (Lipinski definition) is 1. The molecule has 1 aromatic heterocycles. The molecule has 1 heterocycles. The van der Waals surface area contributed by atoms with Crippen LogP contribution in [-0.4, -0.2) is 17.0 Å². The summed E-state index contributed by atoms with van der Waals surface area (Å²) >= 11 is 0. The van der Waals surface area contributed by atoms with E-state index in [1.807, 2.05) is 72.1 Å². The molecule has 2 rings (SSSR count). The number of aryl methyl sites for hydroxylation is 1. The van der Waals surface area contributed by atoms with Crippen molar-refractivity contribution in [2.24, 2.45) is 0 Å². The molecule has 18 heavy (non-hydrogen) atoms. The molecule has 0 fully saturated rings. The predicted molar refractivity (Wildman–Crippen MR) is 73.6 cm³/mol. The summed E-state index contributed by atoms with van der Waals surface area (Å²) in [4.78, 5) is 14.1. The van der Waals surface area contributed by atoms with Gasteiger partial charge in [-0.25, -0.2) is 0 Å². The second kappa shape index (κ2) is 5.54. The summed E-state index contributed by atoms with van der Waals surface area (Å²) in [5, 5.41) is 0. The maximum atomic E-state index is 12.3. The van der Waals surface area contributed by atoms with E-state index in [1.165, 1.54) is 5.56 Å². The number of carbonyl (C=O) groups is 1. The van der Waals surface area contributed by atoms with Gasteiger partial charge in [-0.3, -0.25) is 4.79 Å². The Labute approximate surface area is 108 Å².